The van der Waals surface area contributed by atoms with Crippen LogP contribution in [0.1, 0.15) is 31.2 Å². The number of nitrogens with zero attached hydrogens (tertiary/aromatic N) is 2. The summed E-state index contributed by atoms with van der Waals surface area (Å²) < 4.78 is 0. The van der Waals surface area contributed by atoms with Gasteiger partial charge in [-0.25, -0.2) is 4.79 Å². The molecule has 2 N–H and O–H groups in total. The number of hydrogen-bond donors (Lipinski definition) is 2. The molecule has 25 heavy (non-hydrogen) atoms. The number of piperidine rings is 2. The van der Waals surface area contributed by atoms with Gasteiger partial charge in [0.25, 0.3) is 0 Å². The Kier molecular flexibility index (Phi) is 7.37. The number of hydrogen-bond acceptors (Lipinski definition) is 3. The summed E-state index contributed by atoms with van der Waals surface area (Å²) in [6.45, 7) is 5.17. The smallest absolute Gasteiger partial charge is 0.322 e. The van der Waals surface area contributed by atoms with Gasteiger partial charge in [0, 0.05) is 31.7 Å². The second kappa shape index (κ2) is 9.08. The van der Waals surface area contributed by atoms with Crippen molar-refractivity contribution < 1.29 is 4.79 Å². The molecule has 1 aromatic rings. The molecule has 3 heterocycles. The van der Waals surface area contributed by atoms with E-state index in [1.165, 1.54) is 18.4 Å². The SMILES string of the molecule is Cl.Cl.O=C1NCc2ccccc2N1C1CCN(C2CCNCC2)CC1. The average Bonchev–Trinajstić information content (AvgIpc) is 2.63. The third kappa shape index (κ3) is 4.22. The maximum atomic E-state index is 12.4. The van der Waals surface area contributed by atoms with Crippen LogP contribution in [-0.2, 0) is 6.54 Å². The predicted molar refractivity (Wildman–Crippen MR) is 106 cm³/mol. The molecule has 0 bridgehead atoms. The first-order valence-corrected chi connectivity index (χ1v) is 8.92. The van der Waals surface area contributed by atoms with Crippen molar-refractivity contribution in [1.29, 1.82) is 0 Å². The second-order valence-corrected chi connectivity index (χ2v) is 6.91. The summed E-state index contributed by atoms with van der Waals surface area (Å²) in [4.78, 5) is 17.1. The van der Waals surface area contributed by atoms with Crippen LogP contribution in [0.5, 0.6) is 0 Å². The molecule has 5 nitrogen and oxygen atoms in total. The van der Waals surface area contributed by atoms with Gasteiger partial charge in [0.05, 0.1) is 5.69 Å². The molecular formula is C18H28Cl2N4O. The van der Waals surface area contributed by atoms with Gasteiger partial charge in [-0.1, -0.05) is 18.2 Å². The first-order chi connectivity index (χ1) is 11.3. The van der Waals surface area contributed by atoms with Crippen LogP contribution in [0.2, 0.25) is 0 Å². The second-order valence-electron chi connectivity index (χ2n) is 6.91. The molecule has 0 aliphatic carbocycles. The molecule has 2 fully saturated rings. The summed E-state index contributed by atoms with van der Waals surface area (Å²) in [6, 6.07) is 9.43. The monoisotopic (exact) mass is 386 g/mol. The average molecular weight is 387 g/mol. The maximum Gasteiger partial charge on any atom is 0.322 e. The fraction of sp³-hybridized carbons (Fsp3) is 0.611. The van der Waals surface area contributed by atoms with Crippen LogP contribution in [0.3, 0.4) is 0 Å². The molecule has 3 aliphatic heterocycles. The number of nitrogens with one attached hydrogen (secondary N) is 2. The van der Waals surface area contributed by atoms with Gasteiger partial charge < -0.3 is 15.5 Å². The van der Waals surface area contributed by atoms with E-state index in [0.29, 0.717) is 12.6 Å². The third-order valence-corrected chi connectivity index (χ3v) is 5.59. The summed E-state index contributed by atoms with van der Waals surface area (Å²) in [7, 11) is 0. The number of likely N-dealkylation sites (tertiary alicyclic amines) is 1. The summed E-state index contributed by atoms with van der Waals surface area (Å²) in [5.41, 5.74) is 2.34. The van der Waals surface area contributed by atoms with Crippen molar-refractivity contribution in [1.82, 2.24) is 15.5 Å². The highest BCUT2D eigenvalue weighted by Gasteiger charge is 2.34. The number of carbonyl (C=O) groups excluding carboxylic acids is 1. The molecule has 2 saturated heterocycles. The fourth-order valence-electron chi connectivity index (χ4n) is 4.30. The van der Waals surface area contributed by atoms with Crippen LogP contribution in [0.15, 0.2) is 24.3 Å². The van der Waals surface area contributed by atoms with E-state index in [1.54, 1.807) is 0 Å². The summed E-state index contributed by atoms with van der Waals surface area (Å²) in [5, 5.41) is 6.47. The highest BCUT2D eigenvalue weighted by Crippen LogP contribution is 2.30. The quantitative estimate of drug-likeness (QED) is 0.821. The van der Waals surface area contributed by atoms with Crippen molar-refractivity contribution in [3.05, 3.63) is 29.8 Å². The van der Waals surface area contributed by atoms with Gasteiger partial charge in [-0.05, 0) is 50.4 Å². The number of benzene rings is 1. The Morgan fingerprint density at radius 2 is 1.60 bits per heavy atom. The van der Waals surface area contributed by atoms with Gasteiger partial charge in [-0.3, -0.25) is 4.90 Å². The van der Waals surface area contributed by atoms with Gasteiger partial charge in [-0.15, -0.1) is 24.8 Å². The van der Waals surface area contributed by atoms with Crippen LogP contribution in [0.25, 0.3) is 0 Å². The van der Waals surface area contributed by atoms with Crippen LogP contribution in [0.4, 0.5) is 10.5 Å². The largest absolute Gasteiger partial charge is 0.334 e. The van der Waals surface area contributed by atoms with Crippen LogP contribution in [0, 0.1) is 0 Å². The lowest BCUT2D eigenvalue weighted by Gasteiger charge is -2.43. The Labute approximate surface area is 162 Å². The molecule has 140 valence electrons. The van der Waals surface area contributed by atoms with E-state index >= 15 is 0 Å². The Bertz CT molecular complexity index is 572. The van der Waals surface area contributed by atoms with E-state index in [1.807, 2.05) is 17.0 Å². The highest BCUT2D eigenvalue weighted by molar-refractivity contribution is 5.95. The molecule has 7 heteroatoms. The molecule has 0 saturated carbocycles. The van der Waals surface area contributed by atoms with Crippen LogP contribution < -0.4 is 15.5 Å². The molecule has 0 radical (unpaired) electrons. The highest BCUT2D eigenvalue weighted by atomic mass is 35.5. The van der Waals surface area contributed by atoms with Crippen molar-refractivity contribution in [3.63, 3.8) is 0 Å². The molecule has 0 spiro atoms. The van der Waals surface area contributed by atoms with Crippen LogP contribution in [-0.4, -0.2) is 49.2 Å². The van der Waals surface area contributed by atoms with E-state index in [9.17, 15) is 4.79 Å². The number of rotatable bonds is 2. The van der Waals surface area contributed by atoms with E-state index in [4.69, 9.17) is 0 Å². The first-order valence-electron chi connectivity index (χ1n) is 8.92. The number of urea groups is 1. The Morgan fingerprint density at radius 1 is 0.920 bits per heavy atom. The minimum absolute atomic E-state index is 0. The number of carbonyl (C=O) groups is 1. The number of amides is 2. The number of para-hydroxylation sites is 1. The van der Waals surface area contributed by atoms with Gasteiger partial charge in [0.1, 0.15) is 0 Å². The van der Waals surface area contributed by atoms with Crippen molar-refractivity contribution in [3.8, 4) is 0 Å². The first kappa shape index (κ1) is 20.3. The molecule has 4 rings (SSSR count). The Morgan fingerprint density at radius 3 is 2.32 bits per heavy atom. The molecule has 0 atom stereocenters. The van der Waals surface area contributed by atoms with Gasteiger partial charge in [0.15, 0.2) is 0 Å². The minimum Gasteiger partial charge on any atom is -0.334 e. The summed E-state index contributed by atoms with van der Waals surface area (Å²) in [6.07, 6.45) is 4.67. The Hall–Kier alpha value is -1.01. The number of anilines is 1. The molecule has 0 unspecified atom stereocenters. The molecule has 3 aliphatic rings. The molecule has 1 aromatic carbocycles. The number of fused-ring (bicyclic) bond motifs is 1. The minimum atomic E-state index is 0. The zero-order chi connectivity index (χ0) is 15.6. The summed E-state index contributed by atoms with van der Waals surface area (Å²) in [5.74, 6) is 0. The van der Waals surface area contributed by atoms with Crippen molar-refractivity contribution in [2.24, 2.45) is 0 Å². The molecular weight excluding hydrogens is 359 g/mol. The lowest BCUT2D eigenvalue weighted by atomic mass is 9.96. The van der Waals surface area contributed by atoms with Crippen molar-refractivity contribution in [2.75, 3.05) is 31.1 Å². The lowest BCUT2D eigenvalue weighted by Crippen LogP contribution is -2.55. The lowest BCUT2D eigenvalue weighted by molar-refractivity contribution is 0.126. The number of halogens is 2. The Balaban J connectivity index is 0.00000113. The van der Waals surface area contributed by atoms with Crippen LogP contribution >= 0.6 is 24.8 Å². The van der Waals surface area contributed by atoms with Crippen molar-refractivity contribution in [2.45, 2.75) is 44.3 Å². The summed E-state index contributed by atoms with van der Waals surface area (Å²) >= 11 is 0. The van der Waals surface area contributed by atoms with E-state index in [-0.39, 0.29) is 30.8 Å². The van der Waals surface area contributed by atoms with E-state index < -0.39 is 0 Å². The van der Waals surface area contributed by atoms with Crippen molar-refractivity contribution >= 4 is 36.5 Å². The maximum absolute atomic E-state index is 12.4. The van der Waals surface area contributed by atoms with Gasteiger partial charge >= 0.3 is 6.03 Å². The standard InChI is InChI=1S/C18H26N4O.2ClH/c23-18-20-13-14-3-1-2-4-17(14)22(18)16-7-11-21(12-8-16)15-5-9-19-10-6-15;;/h1-4,15-16,19H,5-13H2,(H,20,23);2*1H. The fourth-order valence-corrected chi connectivity index (χ4v) is 4.30. The van der Waals surface area contributed by atoms with Gasteiger partial charge in [-0.2, -0.15) is 0 Å². The zero-order valence-corrected chi connectivity index (χ0v) is 16.1. The van der Waals surface area contributed by atoms with E-state index in [2.05, 4.69) is 27.7 Å². The predicted octanol–water partition coefficient (Wildman–Crippen LogP) is 2.78. The molecule has 0 aromatic heterocycles. The van der Waals surface area contributed by atoms with E-state index in [0.717, 1.165) is 50.7 Å². The van der Waals surface area contributed by atoms with Gasteiger partial charge in [0.2, 0.25) is 0 Å². The topological polar surface area (TPSA) is 47.6 Å². The zero-order valence-electron chi connectivity index (χ0n) is 14.4. The molecule has 2 amide bonds. The normalized spacial score (nSPS) is 22.4. The third-order valence-electron chi connectivity index (χ3n) is 5.59.